The van der Waals surface area contributed by atoms with Gasteiger partial charge in [-0.1, -0.05) is 202 Å². The second kappa shape index (κ2) is 29.8. The van der Waals surface area contributed by atoms with Gasteiger partial charge in [-0.2, -0.15) is 8.42 Å². The van der Waals surface area contributed by atoms with Crippen LogP contribution in [0, 0.1) is 20.8 Å². The van der Waals surface area contributed by atoms with E-state index in [4.69, 9.17) is 18.9 Å². The summed E-state index contributed by atoms with van der Waals surface area (Å²) >= 11 is 0. The smallest absolute Gasteiger partial charge is 0.294 e. The first-order chi connectivity index (χ1) is 48.9. The van der Waals surface area contributed by atoms with Crippen LogP contribution in [0.15, 0.2) is 302 Å². The van der Waals surface area contributed by atoms with E-state index in [2.05, 4.69) is 76.2 Å². The number of hydrogen-bond acceptors (Lipinski definition) is 10. The minimum absolute atomic E-state index is 0.0210. The van der Waals surface area contributed by atoms with Crippen LogP contribution in [0.1, 0.15) is 130 Å². The number of hydrogen-bond donors (Lipinski definition) is 1. The Morgan fingerprint density at radius 1 is 0.314 bits per heavy atom. The minimum atomic E-state index is -4.48. The zero-order valence-electron chi connectivity index (χ0n) is 57.7. The predicted octanol–water partition coefficient (Wildman–Crippen LogP) is 21.3. The van der Waals surface area contributed by atoms with Crippen LogP contribution in [-0.2, 0) is 20.9 Å². The van der Waals surface area contributed by atoms with E-state index in [1.165, 1.54) is 34.9 Å². The number of ether oxygens (including phenoxy) is 4. The maximum absolute atomic E-state index is 13.6. The SMILES string of the molecule is COc1ccc(C(C)(C)c2cccc(C(C)(C)c3ccc(Oc4ccc(C(=O)c5ccc(-c6ccc(C)cc6C(=O)c6cccc(S(=O)(=O)O)c6)cc5)cc4)cc3)c2)cc1.Cc1ccc(C(=O)c2ccc(Oc3ccc4ccc(Oc5ccc(C(=O)c6ccc(C)cc6)cc5)cc4c3)cc2)cc1. The molecule has 0 fully saturated rings. The molecule has 0 saturated carbocycles. The molecule has 0 aliphatic rings. The molecule has 102 heavy (non-hydrogen) atoms. The minimum Gasteiger partial charge on any atom is -0.497 e. The lowest BCUT2D eigenvalue weighted by molar-refractivity contribution is 0.103. The molecule has 0 atom stereocenters. The van der Waals surface area contributed by atoms with Gasteiger partial charge >= 0.3 is 0 Å². The quantitative estimate of drug-likeness (QED) is 0.0539. The average Bonchev–Trinajstić information content (AvgIpc) is 0.776. The molecule has 506 valence electrons. The van der Waals surface area contributed by atoms with E-state index in [0.717, 1.165) is 44.8 Å². The molecule has 0 amide bonds. The highest BCUT2D eigenvalue weighted by molar-refractivity contribution is 7.85. The van der Waals surface area contributed by atoms with Crippen molar-refractivity contribution in [1.29, 1.82) is 0 Å². The number of carbonyl (C=O) groups excluding carboxylic acids is 4. The van der Waals surface area contributed by atoms with E-state index in [0.29, 0.717) is 84.6 Å². The molecular formula is C90H74O11S. The summed E-state index contributed by atoms with van der Waals surface area (Å²) < 4.78 is 56.7. The largest absolute Gasteiger partial charge is 0.497 e. The number of benzene rings is 13. The Hall–Kier alpha value is -12.1. The number of rotatable bonds is 21. The molecule has 0 saturated heterocycles. The summed E-state index contributed by atoms with van der Waals surface area (Å²) in [5.41, 5.74) is 12.7. The molecule has 0 aliphatic heterocycles. The number of ketones is 4. The third kappa shape index (κ3) is 16.1. The molecule has 0 heterocycles. The monoisotopic (exact) mass is 1360 g/mol. The van der Waals surface area contributed by atoms with Gasteiger partial charge in [0.15, 0.2) is 23.1 Å². The van der Waals surface area contributed by atoms with Crippen molar-refractivity contribution in [2.75, 3.05) is 7.11 Å². The summed E-state index contributed by atoms with van der Waals surface area (Å²) in [6, 6.07) is 91.1. The predicted molar refractivity (Wildman–Crippen MR) is 403 cm³/mol. The van der Waals surface area contributed by atoms with E-state index in [-0.39, 0.29) is 38.6 Å². The van der Waals surface area contributed by atoms with Crippen molar-refractivity contribution in [3.05, 3.63) is 381 Å². The van der Waals surface area contributed by atoms with Gasteiger partial charge < -0.3 is 18.9 Å². The van der Waals surface area contributed by atoms with Crippen molar-refractivity contribution in [3.63, 3.8) is 0 Å². The summed E-state index contributed by atoms with van der Waals surface area (Å²) in [4.78, 5) is 52.4. The lowest BCUT2D eigenvalue weighted by Crippen LogP contribution is -2.22. The van der Waals surface area contributed by atoms with Gasteiger partial charge in [0.05, 0.1) is 12.0 Å². The van der Waals surface area contributed by atoms with E-state index in [1.807, 2.05) is 142 Å². The Morgan fingerprint density at radius 3 is 1.08 bits per heavy atom. The number of carbonyl (C=O) groups is 4. The van der Waals surface area contributed by atoms with Crippen molar-refractivity contribution in [1.82, 2.24) is 0 Å². The number of fused-ring (bicyclic) bond motifs is 1. The molecule has 0 radical (unpaired) electrons. The van der Waals surface area contributed by atoms with Gasteiger partial charge in [0.1, 0.15) is 40.2 Å². The van der Waals surface area contributed by atoms with Crippen LogP contribution in [0.2, 0.25) is 0 Å². The summed E-state index contributed by atoms with van der Waals surface area (Å²) in [7, 11) is -2.81. The van der Waals surface area contributed by atoms with Gasteiger partial charge in [0.25, 0.3) is 10.1 Å². The second-order valence-electron chi connectivity index (χ2n) is 26.3. The topological polar surface area (TPSA) is 160 Å². The lowest BCUT2D eigenvalue weighted by Gasteiger charge is -2.31. The van der Waals surface area contributed by atoms with Crippen LogP contribution in [0.3, 0.4) is 0 Å². The highest BCUT2D eigenvalue weighted by Crippen LogP contribution is 2.39. The zero-order chi connectivity index (χ0) is 71.9. The molecule has 0 aromatic heterocycles. The van der Waals surface area contributed by atoms with Crippen LogP contribution < -0.4 is 18.9 Å². The maximum Gasteiger partial charge on any atom is 0.294 e. The van der Waals surface area contributed by atoms with Gasteiger partial charge in [-0.25, -0.2) is 0 Å². The standard InChI is InChI=1S/C52H46O7S.C38H28O4/c1-34-13-30-47(48(31-34)50(54)38-9-7-12-46(32-38)60(55,56)57)35-14-16-36(17-15-35)49(53)37-18-24-44(25-19-37)59-45-28-22-40(23-29-45)52(4,5)42-11-8-10-41(33-42)51(2,3)39-20-26-43(58-6)27-21-39;1-25-3-7-28(8-4-25)37(39)30-13-17-33(18-14-30)41-35-21-11-27-12-22-36(24-32(27)23-35)42-34-19-15-31(16-20-34)38(40)29-9-5-26(2)6-10-29/h7-33H,1-6H3,(H,55,56,57);3-24H,1-2H3. The molecule has 1 N–H and O–H groups in total. The van der Waals surface area contributed by atoms with Crippen molar-refractivity contribution < 1.29 is 51.1 Å². The summed E-state index contributed by atoms with van der Waals surface area (Å²) in [6.07, 6.45) is 0. The first-order valence-corrected chi connectivity index (χ1v) is 34.7. The molecule has 11 nitrogen and oxygen atoms in total. The fraction of sp³-hybridized carbons (Fsp3) is 0.111. The molecule has 12 heteroatoms. The van der Waals surface area contributed by atoms with Gasteiger partial charge in [0, 0.05) is 55.3 Å². The average molecular weight is 1360 g/mol. The molecular weight excluding hydrogens is 1290 g/mol. The summed E-state index contributed by atoms with van der Waals surface area (Å²) in [5.74, 6) is 4.15. The third-order valence-corrected chi connectivity index (χ3v) is 19.3. The van der Waals surface area contributed by atoms with Crippen LogP contribution in [0.25, 0.3) is 21.9 Å². The molecule has 0 unspecified atom stereocenters. The first-order valence-electron chi connectivity index (χ1n) is 33.3. The van der Waals surface area contributed by atoms with E-state index in [9.17, 15) is 32.1 Å². The summed E-state index contributed by atoms with van der Waals surface area (Å²) in [6.45, 7) is 14.8. The number of aryl methyl sites for hydroxylation is 3. The highest BCUT2D eigenvalue weighted by atomic mass is 32.2. The molecule has 0 spiro atoms. The van der Waals surface area contributed by atoms with E-state index in [1.54, 1.807) is 110 Å². The zero-order valence-corrected chi connectivity index (χ0v) is 58.5. The molecule has 0 bridgehead atoms. The van der Waals surface area contributed by atoms with Gasteiger partial charge in [-0.3, -0.25) is 23.7 Å². The van der Waals surface area contributed by atoms with Crippen molar-refractivity contribution >= 4 is 44.0 Å². The van der Waals surface area contributed by atoms with Crippen LogP contribution in [-0.4, -0.2) is 43.2 Å². The van der Waals surface area contributed by atoms with Crippen LogP contribution >= 0.6 is 0 Å². The fourth-order valence-corrected chi connectivity index (χ4v) is 12.6. The molecule has 13 rings (SSSR count). The third-order valence-electron chi connectivity index (χ3n) is 18.4. The molecule has 13 aromatic rings. The van der Waals surface area contributed by atoms with Crippen molar-refractivity contribution in [3.8, 4) is 51.4 Å². The fourth-order valence-electron chi connectivity index (χ4n) is 12.1. The summed E-state index contributed by atoms with van der Waals surface area (Å²) in [5, 5.41) is 2.01. The van der Waals surface area contributed by atoms with E-state index >= 15 is 0 Å². The Labute approximate surface area is 595 Å². The van der Waals surface area contributed by atoms with Crippen LogP contribution in [0.5, 0.6) is 40.2 Å². The number of methoxy groups -OCH3 is 1. The van der Waals surface area contributed by atoms with Gasteiger partial charge in [0.2, 0.25) is 0 Å². The Kier molecular flexibility index (Phi) is 20.4. The Balaban J connectivity index is 0.000000205. The normalized spacial score (nSPS) is 11.4. The Morgan fingerprint density at radius 2 is 0.667 bits per heavy atom. The van der Waals surface area contributed by atoms with Crippen LogP contribution in [0.4, 0.5) is 0 Å². The lowest BCUT2D eigenvalue weighted by atomic mass is 9.73. The van der Waals surface area contributed by atoms with E-state index < -0.39 is 15.9 Å². The Bertz CT molecular complexity index is 5220. The molecule has 13 aromatic carbocycles. The van der Waals surface area contributed by atoms with Crippen molar-refractivity contribution in [2.24, 2.45) is 0 Å². The highest BCUT2D eigenvalue weighted by Gasteiger charge is 2.29. The van der Waals surface area contributed by atoms with Crippen molar-refractivity contribution in [2.45, 2.75) is 64.2 Å². The second-order valence-corrected chi connectivity index (χ2v) is 27.7. The maximum atomic E-state index is 13.6. The first kappa shape index (κ1) is 69.8. The van der Waals surface area contributed by atoms with Gasteiger partial charge in [-0.05, 0) is 204 Å². The van der Waals surface area contributed by atoms with Gasteiger partial charge in [-0.15, -0.1) is 0 Å². The molecule has 0 aliphatic carbocycles.